The van der Waals surface area contributed by atoms with Crippen LogP contribution in [-0.2, 0) is 9.53 Å². The quantitative estimate of drug-likeness (QED) is 0.677. The SMILES string of the molecule is COCCN(CCBr)C(=O)COc1cccc(Cl)c1. The molecule has 0 aliphatic heterocycles. The maximum absolute atomic E-state index is 12.0. The average molecular weight is 351 g/mol. The summed E-state index contributed by atoms with van der Waals surface area (Å²) in [4.78, 5) is 13.7. The summed E-state index contributed by atoms with van der Waals surface area (Å²) >= 11 is 9.17. The van der Waals surface area contributed by atoms with Crippen LogP contribution in [0.3, 0.4) is 0 Å². The zero-order valence-corrected chi connectivity index (χ0v) is 13.1. The maximum Gasteiger partial charge on any atom is 0.260 e. The Bertz CT molecular complexity index is 403. The molecule has 106 valence electrons. The summed E-state index contributed by atoms with van der Waals surface area (Å²) in [6.07, 6.45) is 0. The molecule has 0 fully saturated rings. The Morgan fingerprint density at radius 2 is 2.21 bits per heavy atom. The van der Waals surface area contributed by atoms with E-state index in [9.17, 15) is 4.79 Å². The van der Waals surface area contributed by atoms with E-state index in [2.05, 4.69) is 15.9 Å². The summed E-state index contributed by atoms with van der Waals surface area (Å²) in [7, 11) is 1.61. The largest absolute Gasteiger partial charge is 0.484 e. The molecule has 0 bridgehead atoms. The number of carbonyl (C=O) groups is 1. The number of hydrogen-bond acceptors (Lipinski definition) is 3. The molecule has 4 nitrogen and oxygen atoms in total. The van der Waals surface area contributed by atoms with Crippen LogP contribution in [0.1, 0.15) is 0 Å². The van der Waals surface area contributed by atoms with Gasteiger partial charge in [-0.15, -0.1) is 0 Å². The van der Waals surface area contributed by atoms with E-state index in [0.717, 1.165) is 5.33 Å². The monoisotopic (exact) mass is 349 g/mol. The molecular formula is C13H17BrClNO3. The molecule has 0 heterocycles. The summed E-state index contributed by atoms with van der Waals surface area (Å²) in [5.41, 5.74) is 0. The van der Waals surface area contributed by atoms with Gasteiger partial charge < -0.3 is 14.4 Å². The van der Waals surface area contributed by atoms with Crippen molar-refractivity contribution in [1.29, 1.82) is 0 Å². The normalized spacial score (nSPS) is 10.3. The Balaban J connectivity index is 2.47. The van der Waals surface area contributed by atoms with Gasteiger partial charge in [-0.25, -0.2) is 0 Å². The maximum atomic E-state index is 12.0. The lowest BCUT2D eigenvalue weighted by Crippen LogP contribution is -2.38. The van der Waals surface area contributed by atoms with Crippen molar-refractivity contribution in [2.75, 3.05) is 38.7 Å². The number of alkyl halides is 1. The third-order valence-corrected chi connectivity index (χ3v) is 3.02. The van der Waals surface area contributed by atoms with E-state index in [1.807, 2.05) is 0 Å². The Kier molecular flexibility index (Phi) is 7.86. The minimum Gasteiger partial charge on any atom is -0.484 e. The highest BCUT2D eigenvalue weighted by Gasteiger charge is 2.13. The van der Waals surface area contributed by atoms with Crippen LogP contribution in [0.5, 0.6) is 5.75 Å². The van der Waals surface area contributed by atoms with Gasteiger partial charge in [-0.1, -0.05) is 33.6 Å². The first-order valence-electron chi connectivity index (χ1n) is 5.88. The van der Waals surface area contributed by atoms with Crippen LogP contribution in [0.25, 0.3) is 0 Å². The van der Waals surface area contributed by atoms with E-state index in [1.165, 1.54) is 0 Å². The smallest absolute Gasteiger partial charge is 0.260 e. The molecule has 1 aromatic carbocycles. The molecule has 1 amide bonds. The zero-order valence-electron chi connectivity index (χ0n) is 10.8. The van der Waals surface area contributed by atoms with Gasteiger partial charge in [0.2, 0.25) is 0 Å². The molecule has 1 aromatic rings. The Morgan fingerprint density at radius 1 is 1.42 bits per heavy atom. The minimum atomic E-state index is -0.0727. The standard InChI is InChI=1S/C13H17BrClNO3/c1-18-8-7-16(6-5-14)13(17)10-19-12-4-2-3-11(15)9-12/h2-4,9H,5-8,10H2,1H3. The number of methoxy groups -OCH3 is 1. The Morgan fingerprint density at radius 3 is 2.84 bits per heavy atom. The number of carbonyl (C=O) groups excluding carboxylic acids is 1. The van der Waals surface area contributed by atoms with Gasteiger partial charge in [0.15, 0.2) is 6.61 Å². The second-order valence-corrected chi connectivity index (χ2v) is 5.04. The van der Waals surface area contributed by atoms with E-state index < -0.39 is 0 Å². The van der Waals surface area contributed by atoms with E-state index >= 15 is 0 Å². The molecule has 0 atom stereocenters. The summed E-state index contributed by atoms with van der Waals surface area (Å²) in [6, 6.07) is 6.98. The highest BCUT2D eigenvalue weighted by molar-refractivity contribution is 9.09. The van der Waals surface area contributed by atoms with Gasteiger partial charge in [-0.3, -0.25) is 4.79 Å². The van der Waals surface area contributed by atoms with E-state index in [0.29, 0.717) is 30.5 Å². The lowest BCUT2D eigenvalue weighted by Gasteiger charge is -2.21. The molecule has 0 unspecified atom stereocenters. The molecule has 0 aromatic heterocycles. The third-order valence-electron chi connectivity index (χ3n) is 2.43. The van der Waals surface area contributed by atoms with Gasteiger partial charge in [-0.2, -0.15) is 0 Å². The minimum absolute atomic E-state index is 0.00292. The number of hydrogen-bond donors (Lipinski definition) is 0. The lowest BCUT2D eigenvalue weighted by atomic mass is 10.3. The van der Waals surface area contributed by atoms with Crippen LogP contribution < -0.4 is 4.74 Å². The zero-order chi connectivity index (χ0) is 14.1. The lowest BCUT2D eigenvalue weighted by molar-refractivity contribution is -0.133. The first-order valence-corrected chi connectivity index (χ1v) is 7.38. The van der Waals surface area contributed by atoms with Crippen LogP contribution >= 0.6 is 27.5 Å². The third kappa shape index (κ3) is 6.27. The van der Waals surface area contributed by atoms with Gasteiger partial charge in [0.25, 0.3) is 5.91 Å². The summed E-state index contributed by atoms with van der Waals surface area (Å²) < 4.78 is 10.4. The molecule has 0 N–H and O–H groups in total. The van der Waals surface area contributed by atoms with E-state index in [4.69, 9.17) is 21.1 Å². The molecule has 0 saturated heterocycles. The fourth-order valence-electron chi connectivity index (χ4n) is 1.46. The molecule has 0 saturated carbocycles. The van der Waals surface area contributed by atoms with Crippen LogP contribution in [0.15, 0.2) is 24.3 Å². The van der Waals surface area contributed by atoms with Gasteiger partial charge >= 0.3 is 0 Å². The summed E-state index contributed by atoms with van der Waals surface area (Å²) in [5.74, 6) is 0.517. The van der Waals surface area contributed by atoms with Crippen LogP contribution in [0, 0.1) is 0 Å². The van der Waals surface area contributed by atoms with Crippen molar-refractivity contribution in [2.24, 2.45) is 0 Å². The number of benzene rings is 1. The average Bonchev–Trinajstić information content (AvgIpc) is 2.41. The fraction of sp³-hybridized carbons (Fsp3) is 0.462. The summed E-state index contributed by atoms with van der Waals surface area (Å²) in [5, 5.41) is 1.31. The van der Waals surface area contributed by atoms with Crippen molar-refractivity contribution >= 4 is 33.4 Å². The van der Waals surface area contributed by atoms with Crippen LogP contribution in [0.4, 0.5) is 0 Å². The van der Waals surface area contributed by atoms with Crippen LogP contribution in [-0.4, -0.2) is 49.6 Å². The molecular weight excluding hydrogens is 334 g/mol. The van der Waals surface area contributed by atoms with Crippen molar-refractivity contribution in [3.63, 3.8) is 0 Å². The predicted molar refractivity (Wildman–Crippen MR) is 79.2 cm³/mol. The topological polar surface area (TPSA) is 38.8 Å². The van der Waals surface area contributed by atoms with Gasteiger partial charge in [0, 0.05) is 30.6 Å². The van der Waals surface area contributed by atoms with Crippen molar-refractivity contribution in [3.05, 3.63) is 29.3 Å². The fourth-order valence-corrected chi connectivity index (χ4v) is 2.07. The van der Waals surface area contributed by atoms with E-state index in [1.54, 1.807) is 36.3 Å². The van der Waals surface area contributed by atoms with Gasteiger partial charge in [-0.05, 0) is 18.2 Å². The molecule has 1 rings (SSSR count). The van der Waals surface area contributed by atoms with Crippen LogP contribution in [0.2, 0.25) is 5.02 Å². The second-order valence-electron chi connectivity index (χ2n) is 3.81. The highest BCUT2D eigenvalue weighted by atomic mass is 79.9. The summed E-state index contributed by atoms with van der Waals surface area (Å²) in [6.45, 7) is 1.69. The highest BCUT2D eigenvalue weighted by Crippen LogP contribution is 2.17. The van der Waals surface area contributed by atoms with Gasteiger partial charge in [0.05, 0.1) is 6.61 Å². The number of halogens is 2. The first kappa shape index (κ1) is 16.3. The van der Waals surface area contributed by atoms with Crippen molar-refractivity contribution in [2.45, 2.75) is 0 Å². The number of amides is 1. The predicted octanol–water partition coefficient (Wildman–Crippen LogP) is 2.59. The molecule has 0 spiro atoms. The van der Waals surface area contributed by atoms with Crippen molar-refractivity contribution in [3.8, 4) is 5.75 Å². The number of nitrogens with zero attached hydrogens (tertiary/aromatic N) is 1. The van der Waals surface area contributed by atoms with Gasteiger partial charge in [0.1, 0.15) is 5.75 Å². The Hall–Kier alpha value is -0.780. The molecule has 0 aliphatic carbocycles. The Labute approximate surface area is 126 Å². The van der Waals surface area contributed by atoms with E-state index in [-0.39, 0.29) is 12.5 Å². The second kappa shape index (κ2) is 9.18. The molecule has 6 heteroatoms. The van der Waals surface area contributed by atoms with Crippen molar-refractivity contribution in [1.82, 2.24) is 4.90 Å². The number of rotatable bonds is 8. The first-order chi connectivity index (χ1) is 9.17. The molecule has 19 heavy (non-hydrogen) atoms. The van der Waals surface area contributed by atoms with Crippen molar-refractivity contribution < 1.29 is 14.3 Å². The molecule has 0 aliphatic rings. The molecule has 0 radical (unpaired) electrons. The number of ether oxygens (including phenoxy) is 2.